The first-order valence-corrected chi connectivity index (χ1v) is 6.77. The van der Waals surface area contributed by atoms with E-state index in [0.717, 1.165) is 0 Å². The predicted octanol–water partition coefficient (Wildman–Crippen LogP) is 1.50. The van der Waals surface area contributed by atoms with Crippen molar-refractivity contribution in [3.63, 3.8) is 0 Å². The zero-order valence-corrected chi connectivity index (χ0v) is 12.5. The Bertz CT molecular complexity index is 364. The maximum absolute atomic E-state index is 12.1. The zero-order chi connectivity index (χ0) is 14.8. The first-order chi connectivity index (χ1) is 8.77. The average Bonchev–Trinajstić information content (AvgIpc) is 3.17. The Hall–Kier alpha value is -0.810. The van der Waals surface area contributed by atoms with Gasteiger partial charge in [0.05, 0.1) is 13.7 Å². The molecule has 1 fully saturated rings. The van der Waals surface area contributed by atoms with Crippen molar-refractivity contribution in [2.75, 3.05) is 13.7 Å². The van der Waals surface area contributed by atoms with Gasteiger partial charge >= 0.3 is 11.9 Å². The van der Waals surface area contributed by atoms with Crippen LogP contribution in [0, 0.1) is 11.3 Å². The maximum Gasteiger partial charge on any atom is 0.337 e. The number of methoxy groups -OCH3 is 1. The number of rotatable bonds is 6. The summed E-state index contributed by atoms with van der Waals surface area (Å²) >= 11 is 6.39. The lowest BCUT2D eigenvalue weighted by molar-refractivity contribution is -0.166. The Labute approximate surface area is 118 Å². The molecule has 0 radical (unpaired) electrons. The molecule has 0 heterocycles. The van der Waals surface area contributed by atoms with Crippen molar-refractivity contribution in [2.45, 2.75) is 44.6 Å². The van der Waals surface area contributed by atoms with Crippen molar-refractivity contribution in [3.8, 4) is 0 Å². The van der Waals surface area contributed by atoms with Gasteiger partial charge in [-0.1, -0.05) is 13.8 Å². The molecular weight excluding hydrogens is 272 g/mol. The molecule has 0 aromatic rings. The molecule has 2 atom stereocenters. The first-order valence-electron chi connectivity index (χ1n) is 6.40. The van der Waals surface area contributed by atoms with E-state index in [1.165, 1.54) is 7.11 Å². The summed E-state index contributed by atoms with van der Waals surface area (Å²) < 4.78 is 9.47. The Morgan fingerprint density at radius 2 is 1.95 bits per heavy atom. The average molecular weight is 293 g/mol. The summed E-state index contributed by atoms with van der Waals surface area (Å²) in [5.41, 5.74) is -0.631. The van der Waals surface area contributed by atoms with Gasteiger partial charge in [0, 0.05) is 5.41 Å². The van der Waals surface area contributed by atoms with Crippen LogP contribution >= 0.6 is 11.6 Å². The van der Waals surface area contributed by atoms with Crippen LogP contribution in [0.3, 0.4) is 0 Å². The summed E-state index contributed by atoms with van der Waals surface area (Å²) in [4.78, 5) is 22.0. The highest BCUT2D eigenvalue weighted by atomic mass is 35.5. The molecule has 0 bridgehead atoms. The van der Waals surface area contributed by atoms with Crippen LogP contribution in [0.25, 0.3) is 0 Å². The minimum absolute atomic E-state index is 0.0353. The first kappa shape index (κ1) is 16.2. The second kappa shape index (κ2) is 5.67. The van der Waals surface area contributed by atoms with Crippen molar-refractivity contribution < 1.29 is 24.2 Å². The Morgan fingerprint density at radius 3 is 2.26 bits per heavy atom. The van der Waals surface area contributed by atoms with Crippen LogP contribution in [-0.4, -0.2) is 41.7 Å². The summed E-state index contributed by atoms with van der Waals surface area (Å²) in [6.45, 7) is 5.54. The van der Waals surface area contributed by atoms with Crippen LogP contribution in [0.1, 0.15) is 33.6 Å². The lowest BCUT2D eigenvalue weighted by Crippen LogP contribution is -2.57. The van der Waals surface area contributed by atoms with E-state index in [1.54, 1.807) is 6.92 Å². The SMILES string of the molecule is CCOC(=O)[C@H](O)[C@@](Cl)(C(=O)OC)C1(C(C)C)CC1. The lowest BCUT2D eigenvalue weighted by Gasteiger charge is -2.38. The molecule has 1 N–H and O–H groups in total. The summed E-state index contributed by atoms with van der Waals surface area (Å²) in [7, 11) is 1.19. The van der Waals surface area contributed by atoms with Crippen LogP contribution in [0.2, 0.25) is 0 Å². The third kappa shape index (κ3) is 2.46. The Morgan fingerprint density at radius 1 is 1.42 bits per heavy atom. The number of aliphatic hydroxyl groups is 1. The van der Waals surface area contributed by atoms with E-state index >= 15 is 0 Å². The zero-order valence-electron chi connectivity index (χ0n) is 11.7. The van der Waals surface area contributed by atoms with Gasteiger partial charge in [-0.15, -0.1) is 11.6 Å². The van der Waals surface area contributed by atoms with Gasteiger partial charge < -0.3 is 14.6 Å². The highest BCUT2D eigenvalue weighted by molar-refractivity contribution is 6.37. The molecule has 19 heavy (non-hydrogen) atoms. The van der Waals surface area contributed by atoms with E-state index in [4.69, 9.17) is 21.1 Å². The number of aliphatic hydroxyl groups excluding tert-OH is 1. The second-order valence-corrected chi connectivity index (χ2v) is 5.76. The van der Waals surface area contributed by atoms with Gasteiger partial charge in [0.25, 0.3) is 0 Å². The molecule has 0 unspecified atom stereocenters. The van der Waals surface area contributed by atoms with Crippen LogP contribution in [-0.2, 0) is 19.1 Å². The summed E-state index contributed by atoms with van der Waals surface area (Å²) in [6.07, 6.45) is -0.397. The lowest BCUT2D eigenvalue weighted by atomic mass is 9.75. The molecule has 1 rings (SSSR count). The van der Waals surface area contributed by atoms with E-state index in [1.807, 2.05) is 13.8 Å². The fourth-order valence-electron chi connectivity index (χ4n) is 2.62. The van der Waals surface area contributed by atoms with Crippen molar-refractivity contribution in [1.29, 1.82) is 0 Å². The maximum atomic E-state index is 12.1. The monoisotopic (exact) mass is 292 g/mol. The van der Waals surface area contributed by atoms with Crippen LogP contribution in [0.4, 0.5) is 0 Å². The van der Waals surface area contributed by atoms with Crippen LogP contribution in [0.15, 0.2) is 0 Å². The minimum atomic E-state index is -1.79. The van der Waals surface area contributed by atoms with E-state index < -0.39 is 28.3 Å². The topological polar surface area (TPSA) is 72.8 Å². The van der Waals surface area contributed by atoms with Crippen molar-refractivity contribution in [1.82, 2.24) is 0 Å². The summed E-state index contributed by atoms with van der Waals surface area (Å²) in [5, 5.41) is 10.2. The van der Waals surface area contributed by atoms with Gasteiger partial charge in [-0.05, 0) is 25.7 Å². The van der Waals surface area contributed by atoms with Crippen LogP contribution < -0.4 is 0 Å². The number of ether oxygens (including phenoxy) is 2. The van der Waals surface area contributed by atoms with Gasteiger partial charge in [-0.25, -0.2) is 4.79 Å². The molecule has 1 aliphatic carbocycles. The van der Waals surface area contributed by atoms with Crippen molar-refractivity contribution in [3.05, 3.63) is 0 Å². The Balaban J connectivity index is 3.14. The second-order valence-electron chi connectivity index (χ2n) is 5.17. The van der Waals surface area contributed by atoms with Crippen LogP contribution in [0.5, 0.6) is 0 Å². The standard InChI is InChI=1S/C13H21ClO5/c1-5-19-10(16)9(15)13(14,11(17)18-4)12(6-7-12)8(2)3/h8-9,15H,5-7H2,1-4H3/t9-,13+/m0/s1. The Kier molecular flexibility index (Phi) is 4.85. The number of esters is 2. The predicted molar refractivity (Wildman–Crippen MR) is 69.7 cm³/mol. The van der Waals surface area contributed by atoms with Gasteiger partial charge in [0.15, 0.2) is 11.0 Å². The van der Waals surface area contributed by atoms with Gasteiger partial charge in [-0.2, -0.15) is 0 Å². The highest BCUT2D eigenvalue weighted by Gasteiger charge is 2.69. The van der Waals surface area contributed by atoms with Crippen molar-refractivity contribution in [2.24, 2.45) is 11.3 Å². The fraction of sp³-hybridized carbons (Fsp3) is 0.846. The fourth-order valence-corrected chi connectivity index (χ4v) is 3.19. The molecule has 0 aromatic carbocycles. The number of hydrogen-bond acceptors (Lipinski definition) is 5. The number of carbonyl (C=O) groups is 2. The molecule has 0 spiro atoms. The molecule has 0 aliphatic heterocycles. The van der Waals surface area contributed by atoms with Crippen molar-refractivity contribution >= 4 is 23.5 Å². The van der Waals surface area contributed by atoms with E-state index in [2.05, 4.69) is 0 Å². The van der Waals surface area contributed by atoms with E-state index in [9.17, 15) is 14.7 Å². The molecule has 6 heteroatoms. The smallest absolute Gasteiger partial charge is 0.337 e. The normalized spacial score (nSPS) is 21.4. The van der Waals surface area contributed by atoms with Gasteiger partial charge in [0.1, 0.15) is 0 Å². The molecule has 0 saturated heterocycles. The molecule has 110 valence electrons. The number of hydrogen-bond donors (Lipinski definition) is 1. The third-order valence-corrected chi connectivity index (χ3v) is 4.72. The molecule has 1 saturated carbocycles. The summed E-state index contributed by atoms with van der Waals surface area (Å²) in [6, 6.07) is 0. The van der Waals surface area contributed by atoms with Gasteiger partial charge in [-0.3, -0.25) is 4.79 Å². The highest BCUT2D eigenvalue weighted by Crippen LogP contribution is 2.63. The summed E-state index contributed by atoms with van der Waals surface area (Å²) in [5.74, 6) is -1.65. The number of carbonyl (C=O) groups excluding carboxylic acids is 2. The largest absolute Gasteiger partial charge is 0.468 e. The quantitative estimate of drug-likeness (QED) is 0.593. The molecular formula is C13H21ClO5. The molecule has 5 nitrogen and oxygen atoms in total. The van der Waals surface area contributed by atoms with E-state index in [0.29, 0.717) is 12.8 Å². The minimum Gasteiger partial charge on any atom is -0.468 e. The molecule has 0 amide bonds. The van der Waals surface area contributed by atoms with Gasteiger partial charge in [0.2, 0.25) is 0 Å². The molecule has 1 aliphatic rings. The van der Waals surface area contributed by atoms with E-state index in [-0.39, 0.29) is 12.5 Å². The number of halogens is 1. The molecule has 0 aromatic heterocycles. The number of alkyl halides is 1. The third-order valence-electron chi connectivity index (χ3n) is 3.99.